The predicted octanol–water partition coefficient (Wildman–Crippen LogP) is 6.58. The van der Waals surface area contributed by atoms with Gasteiger partial charge in [0.05, 0.1) is 22.2 Å². The van der Waals surface area contributed by atoms with Gasteiger partial charge in [-0.3, -0.25) is 14.7 Å². The number of fused-ring (bicyclic) bond motifs is 1. The van der Waals surface area contributed by atoms with Crippen LogP contribution in [0.3, 0.4) is 0 Å². The van der Waals surface area contributed by atoms with Crippen molar-refractivity contribution in [1.29, 1.82) is 0 Å². The number of piperidine rings is 1. The molecule has 270 valence electrons. The SMILES string of the molecule is CC(C)(C)OC(=O)N1CCCC(c2ccccc2C(C(=O)O)C(C(=O)Nc2ccc3[nH]nc(-c4cccc(S(N)(=O)=O)c4)c3c2)c2ccccc2)C1. The van der Waals surface area contributed by atoms with Crippen LogP contribution in [0.15, 0.2) is 102 Å². The smallest absolute Gasteiger partial charge is 0.410 e. The van der Waals surface area contributed by atoms with Crippen molar-refractivity contribution < 1.29 is 32.6 Å². The number of hydrogen-bond donors (Lipinski definition) is 4. The van der Waals surface area contributed by atoms with E-state index in [2.05, 4.69) is 15.5 Å². The summed E-state index contributed by atoms with van der Waals surface area (Å²) in [4.78, 5) is 42.4. The quantitative estimate of drug-likeness (QED) is 0.131. The van der Waals surface area contributed by atoms with Gasteiger partial charge in [-0.25, -0.2) is 18.4 Å². The number of carboxylic acid groups (broad SMARTS) is 1. The maximum atomic E-state index is 14.4. The lowest BCUT2D eigenvalue weighted by Gasteiger charge is -2.36. The number of amides is 2. The highest BCUT2D eigenvalue weighted by Gasteiger charge is 2.39. The average molecular weight is 724 g/mol. The van der Waals surface area contributed by atoms with E-state index in [9.17, 15) is 27.9 Å². The third-order valence-corrected chi connectivity index (χ3v) is 10.1. The number of hydrogen-bond acceptors (Lipinski definition) is 7. The Bertz CT molecular complexity index is 2230. The fraction of sp³-hybridized carbons (Fsp3) is 0.282. The van der Waals surface area contributed by atoms with E-state index in [0.717, 1.165) is 12.0 Å². The van der Waals surface area contributed by atoms with Crippen molar-refractivity contribution in [1.82, 2.24) is 15.1 Å². The molecule has 1 aromatic heterocycles. The molecular formula is C39H41N5O7S. The number of carbonyl (C=O) groups excluding carboxylic acids is 2. The van der Waals surface area contributed by atoms with Crippen LogP contribution in [0.4, 0.5) is 10.5 Å². The van der Waals surface area contributed by atoms with Crippen LogP contribution in [0.1, 0.15) is 68.1 Å². The Kier molecular flexibility index (Phi) is 10.2. The summed E-state index contributed by atoms with van der Waals surface area (Å²) in [6.07, 6.45) is 1.03. The van der Waals surface area contributed by atoms with Gasteiger partial charge in [-0.1, -0.05) is 66.7 Å². The van der Waals surface area contributed by atoms with Gasteiger partial charge in [0, 0.05) is 35.6 Å². The molecular weight excluding hydrogens is 683 g/mol. The van der Waals surface area contributed by atoms with Crippen LogP contribution in [0, 0.1) is 0 Å². The summed E-state index contributed by atoms with van der Waals surface area (Å²) in [5.74, 6) is -4.29. The number of nitrogens with zero attached hydrogens (tertiary/aromatic N) is 2. The van der Waals surface area contributed by atoms with Gasteiger partial charge in [0.25, 0.3) is 0 Å². The van der Waals surface area contributed by atoms with Crippen molar-refractivity contribution >= 4 is 44.6 Å². The highest BCUT2D eigenvalue weighted by molar-refractivity contribution is 7.89. The van der Waals surface area contributed by atoms with Gasteiger partial charge >= 0.3 is 12.1 Å². The normalized spacial score (nSPS) is 16.2. The molecule has 3 atom stereocenters. The molecule has 1 fully saturated rings. The number of rotatable bonds is 9. The number of anilines is 1. The molecule has 5 aromatic rings. The van der Waals surface area contributed by atoms with Gasteiger partial charge < -0.3 is 20.1 Å². The number of aliphatic carboxylic acids is 1. The van der Waals surface area contributed by atoms with Crippen LogP contribution in [-0.4, -0.2) is 65.3 Å². The Morgan fingerprint density at radius 1 is 0.962 bits per heavy atom. The minimum Gasteiger partial charge on any atom is -0.481 e. The van der Waals surface area contributed by atoms with Crippen LogP contribution in [0.5, 0.6) is 0 Å². The molecule has 2 heterocycles. The van der Waals surface area contributed by atoms with Gasteiger partial charge in [0.1, 0.15) is 11.3 Å². The topological polar surface area (TPSA) is 185 Å². The number of benzene rings is 4. The standard InChI is InChI=1S/C39H41N5O7S/c1-39(2,3)51-38(48)44-20-10-14-26(23-44)29-16-7-8-17-30(29)34(37(46)47)33(24-11-5-4-6-12-24)36(45)41-27-18-19-32-31(22-27)35(43-42-32)25-13-9-15-28(21-25)52(40,49)50/h4-9,11-13,15-19,21-22,26,33-34H,10,14,20,23H2,1-3H3,(H,41,45)(H,42,43)(H,46,47)(H2,40,49,50). The molecule has 1 saturated heterocycles. The first kappa shape index (κ1) is 36.3. The minimum atomic E-state index is -3.96. The lowest BCUT2D eigenvalue weighted by Crippen LogP contribution is -2.42. The zero-order valence-electron chi connectivity index (χ0n) is 29.1. The number of carboxylic acids is 1. The van der Waals surface area contributed by atoms with Gasteiger partial charge in [0.15, 0.2) is 0 Å². The molecule has 0 aliphatic carbocycles. The van der Waals surface area contributed by atoms with Gasteiger partial charge in [-0.15, -0.1) is 0 Å². The monoisotopic (exact) mass is 723 g/mol. The van der Waals surface area contributed by atoms with Gasteiger partial charge in [0.2, 0.25) is 15.9 Å². The molecule has 12 nitrogen and oxygen atoms in total. The van der Waals surface area contributed by atoms with Crippen molar-refractivity contribution in [2.24, 2.45) is 5.14 Å². The Hall–Kier alpha value is -5.53. The largest absolute Gasteiger partial charge is 0.481 e. The summed E-state index contributed by atoms with van der Waals surface area (Å²) in [7, 11) is -3.96. The molecule has 1 aliphatic heterocycles. The second-order valence-corrected chi connectivity index (χ2v) is 15.6. The zero-order valence-corrected chi connectivity index (χ0v) is 29.9. The number of ether oxygens (including phenoxy) is 1. The minimum absolute atomic E-state index is 0.0675. The first-order valence-corrected chi connectivity index (χ1v) is 18.5. The first-order chi connectivity index (χ1) is 24.7. The number of H-pyrrole nitrogens is 1. The number of primary sulfonamides is 1. The Balaban J connectivity index is 1.35. The van der Waals surface area contributed by atoms with E-state index in [1.165, 1.54) is 12.1 Å². The summed E-state index contributed by atoms with van der Waals surface area (Å²) >= 11 is 0. The number of aromatic amines is 1. The predicted molar refractivity (Wildman–Crippen MR) is 197 cm³/mol. The molecule has 3 unspecified atom stereocenters. The molecule has 52 heavy (non-hydrogen) atoms. The summed E-state index contributed by atoms with van der Waals surface area (Å²) < 4.78 is 29.7. The fourth-order valence-corrected chi connectivity index (χ4v) is 7.41. The van der Waals surface area contributed by atoms with Gasteiger partial charge in [-0.2, -0.15) is 5.10 Å². The number of aromatic nitrogens is 2. The highest BCUT2D eigenvalue weighted by Crippen LogP contribution is 2.41. The molecule has 0 radical (unpaired) electrons. The number of likely N-dealkylation sites (tertiary alicyclic amines) is 1. The Morgan fingerprint density at radius 2 is 1.69 bits per heavy atom. The molecule has 0 bridgehead atoms. The molecule has 2 amide bonds. The summed E-state index contributed by atoms with van der Waals surface area (Å²) in [6, 6.07) is 27.3. The van der Waals surface area contributed by atoms with E-state index in [1.54, 1.807) is 77.7 Å². The van der Waals surface area contributed by atoms with Crippen LogP contribution >= 0.6 is 0 Å². The van der Waals surface area contributed by atoms with E-state index in [4.69, 9.17) is 9.88 Å². The lowest BCUT2D eigenvalue weighted by molar-refractivity contribution is -0.141. The van der Waals surface area contributed by atoms with Crippen LogP contribution in [0.2, 0.25) is 0 Å². The third-order valence-electron chi connectivity index (χ3n) is 9.15. The second-order valence-electron chi connectivity index (χ2n) is 14.0. The molecule has 0 spiro atoms. The van der Waals surface area contributed by atoms with E-state index >= 15 is 0 Å². The lowest BCUT2D eigenvalue weighted by atomic mass is 9.76. The highest BCUT2D eigenvalue weighted by atomic mass is 32.2. The maximum Gasteiger partial charge on any atom is 0.410 e. The molecule has 5 N–H and O–H groups in total. The molecule has 4 aromatic carbocycles. The number of nitrogens with two attached hydrogens (primary N) is 1. The Labute approximate surface area is 302 Å². The first-order valence-electron chi connectivity index (χ1n) is 17.0. The average Bonchev–Trinajstić information content (AvgIpc) is 3.53. The van der Waals surface area contributed by atoms with Gasteiger partial charge in [-0.05, 0) is 80.6 Å². The Morgan fingerprint density at radius 3 is 2.40 bits per heavy atom. The van der Waals surface area contributed by atoms with Crippen LogP contribution in [0.25, 0.3) is 22.2 Å². The van der Waals surface area contributed by atoms with E-state index in [-0.39, 0.29) is 10.8 Å². The second kappa shape index (κ2) is 14.6. The van der Waals surface area contributed by atoms with Crippen molar-refractivity contribution in [2.45, 2.75) is 61.9 Å². The number of sulfonamides is 1. The van der Waals surface area contributed by atoms with Crippen LogP contribution < -0.4 is 10.5 Å². The van der Waals surface area contributed by atoms with Crippen molar-refractivity contribution in [3.63, 3.8) is 0 Å². The molecule has 13 heteroatoms. The van der Waals surface area contributed by atoms with Crippen molar-refractivity contribution in [3.8, 4) is 11.3 Å². The number of carbonyl (C=O) groups is 3. The molecule has 1 aliphatic rings. The van der Waals surface area contributed by atoms with E-state index in [0.29, 0.717) is 58.5 Å². The van der Waals surface area contributed by atoms with Crippen molar-refractivity contribution in [3.05, 3.63) is 114 Å². The molecule has 6 rings (SSSR count). The van der Waals surface area contributed by atoms with E-state index in [1.807, 2.05) is 32.9 Å². The fourth-order valence-electron chi connectivity index (χ4n) is 6.85. The molecule has 0 saturated carbocycles. The van der Waals surface area contributed by atoms with E-state index < -0.39 is 45.4 Å². The van der Waals surface area contributed by atoms with Crippen LogP contribution in [-0.2, 0) is 24.3 Å². The van der Waals surface area contributed by atoms with Crippen molar-refractivity contribution in [2.75, 3.05) is 18.4 Å². The summed E-state index contributed by atoms with van der Waals surface area (Å²) in [6.45, 7) is 6.33. The summed E-state index contributed by atoms with van der Waals surface area (Å²) in [5, 5.41) is 27.1. The third kappa shape index (κ3) is 8.00. The maximum absolute atomic E-state index is 14.4. The summed E-state index contributed by atoms with van der Waals surface area (Å²) in [5.41, 5.74) is 3.10. The zero-order chi connectivity index (χ0) is 37.2. The number of nitrogens with one attached hydrogen (secondary N) is 2.